The lowest BCUT2D eigenvalue weighted by molar-refractivity contribution is -0.152. The quantitative estimate of drug-likeness (QED) is 0.0920. The lowest BCUT2D eigenvalue weighted by atomic mass is 10.1. The van der Waals surface area contributed by atoms with Crippen molar-refractivity contribution >= 4 is 41.8 Å². The fourth-order valence-corrected chi connectivity index (χ4v) is 3.38. The van der Waals surface area contributed by atoms with Crippen LogP contribution in [-0.2, 0) is 28.7 Å². The Morgan fingerprint density at radius 1 is 1.00 bits per heavy atom. The van der Waals surface area contributed by atoms with Crippen molar-refractivity contribution < 1.29 is 33.5 Å². The van der Waals surface area contributed by atoms with Gasteiger partial charge in [-0.1, -0.05) is 42.5 Å². The second-order valence-electron chi connectivity index (χ2n) is 8.91. The fourth-order valence-electron chi connectivity index (χ4n) is 3.38. The number of esters is 1. The molecule has 206 valence electrons. The SMILES string of the molecule is CC(=O)NCCCCC(NC(=O)CC=Cc1ccccc1)C(=O)NC(CCC(=O)C=[N+]=[N-])C(=O)OC(C)C. The van der Waals surface area contributed by atoms with Gasteiger partial charge in [-0.05, 0) is 45.1 Å². The van der Waals surface area contributed by atoms with E-state index < -0.39 is 35.8 Å². The number of nitrogens with zero attached hydrogens (tertiary/aromatic N) is 2. The van der Waals surface area contributed by atoms with Crippen LogP contribution in [0.15, 0.2) is 36.4 Å². The third-order valence-corrected chi connectivity index (χ3v) is 5.19. The highest BCUT2D eigenvalue weighted by Crippen LogP contribution is 2.08. The van der Waals surface area contributed by atoms with Gasteiger partial charge in [0.1, 0.15) is 12.1 Å². The minimum absolute atomic E-state index is 0.0401. The molecule has 2 unspecified atom stereocenters. The molecule has 38 heavy (non-hydrogen) atoms. The molecule has 2 atom stereocenters. The molecule has 0 heterocycles. The summed E-state index contributed by atoms with van der Waals surface area (Å²) in [6.07, 6.45) is 4.92. The largest absolute Gasteiger partial charge is 0.461 e. The molecule has 0 saturated heterocycles. The number of benzene rings is 1. The molecule has 0 aliphatic rings. The minimum Gasteiger partial charge on any atom is -0.461 e. The van der Waals surface area contributed by atoms with Gasteiger partial charge in [-0.25, -0.2) is 4.79 Å². The van der Waals surface area contributed by atoms with E-state index in [1.165, 1.54) is 6.92 Å². The van der Waals surface area contributed by atoms with Crippen molar-refractivity contribution in [1.29, 1.82) is 0 Å². The second-order valence-corrected chi connectivity index (χ2v) is 8.91. The van der Waals surface area contributed by atoms with E-state index in [2.05, 4.69) is 20.7 Å². The first-order chi connectivity index (χ1) is 18.1. The summed E-state index contributed by atoms with van der Waals surface area (Å²) in [6, 6.07) is 7.35. The van der Waals surface area contributed by atoms with Gasteiger partial charge in [0, 0.05) is 26.3 Å². The summed E-state index contributed by atoms with van der Waals surface area (Å²) in [7, 11) is 0. The molecule has 0 fully saturated rings. The molecule has 0 saturated carbocycles. The standard InChI is InChI=1S/C27H37N5O6/c1-19(2)38-27(37)24(16-15-22(34)18-30-28)32-26(36)23(13-7-8-17-29-20(3)33)31-25(35)14-9-12-21-10-5-4-6-11-21/h4-6,9-12,18-19,23-24H,7-8,13-17H2,1-3H3,(H,29,33)(H,31,35)(H,32,36). The second kappa shape index (κ2) is 18.2. The van der Waals surface area contributed by atoms with Crippen LogP contribution < -0.4 is 16.0 Å². The topological polar surface area (TPSA) is 167 Å². The highest BCUT2D eigenvalue weighted by atomic mass is 16.5. The molecular weight excluding hydrogens is 490 g/mol. The van der Waals surface area contributed by atoms with E-state index in [1.807, 2.05) is 30.3 Å². The van der Waals surface area contributed by atoms with E-state index in [1.54, 1.807) is 26.0 Å². The van der Waals surface area contributed by atoms with Gasteiger partial charge in [0.15, 0.2) is 0 Å². The molecule has 11 heteroatoms. The first kappa shape index (κ1) is 31.9. The highest BCUT2D eigenvalue weighted by Gasteiger charge is 2.28. The summed E-state index contributed by atoms with van der Waals surface area (Å²) in [5.41, 5.74) is 9.46. The zero-order valence-corrected chi connectivity index (χ0v) is 22.1. The summed E-state index contributed by atoms with van der Waals surface area (Å²) in [5.74, 6) is -2.39. The molecule has 0 aliphatic heterocycles. The molecule has 0 aliphatic carbocycles. The van der Waals surface area contributed by atoms with Gasteiger partial charge in [0.05, 0.1) is 6.10 Å². The molecule has 0 bridgehead atoms. The van der Waals surface area contributed by atoms with Crippen LogP contribution in [0.5, 0.6) is 0 Å². The van der Waals surface area contributed by atoms with Gasteiger partial charge in [-0.2, -0.15) is 4.79 Å². The summed E-state index contributed by atoms with van der Waals surface area (Å²) in [6.45, 7) is 5.14. The van der Waals surface area contributed by atoms with Crippen molar-refractivity contribution in [2.75, 3.05) is 6.54 Å². The van der Waals surface area contributed by atoms with Gasteiger partial charge in [-0.3, -0.25) is 19.2 Å². The monoisotopic (exact) mass is 527 g/mol. The third kappa shape index (κ3) is 14.4. The summed E-state index contributed by atoms with van der Waals surface area (Å²) < 4.78 is 5.21. The van der Waals surface area contributed by atoms with Crippen LogP contribution in [0.3, 0.4) is 0 Å². The molecule has 0 radical (unpaired) electrons. The van der Waals surface area contributed by atoms with Gasteiger partial charge in [0.25, 0.3) is 0 Å². The van der Waals surface area contributed by atoms with Crippen molar-refractivity contribution in [3.8, 4) is 0 Å². The zero-order chi connectivity index (χ0) is 28.3. The average Bonchev–Trinajstić information content (AvgIpc) is 2.85. The van der Waals surface area contributed by atoms with E-state index in [9.17, 15) is 24.0 Å². The lowest BCUT2D eigenvalue weighted by Crippen LogP contribution is -2.52. The van der Waals surface area contributed by atoms with Crippen LogP contribution in [0.2, 0.25) is 0 Å². The number of carbonyl (C=O) groups is 5. The lowest BCUT2D eigenvalue weighted by Gasteiger charge is -2.23. The smallest absolute Gasteiger partial charge is 0.328 e. The maximum Gasteiger partial charge on any atom is 0.328 e. The number of ketones is 1. The number of hydrogen-bond acceptors (Lipinski definition) is 6. The average molecular weight is 528 g/mol. The summed E-state index contributed by atoms with van der Waals surface area (Å²) in [5, 5.41) is 7.98. The first-order valence-corrected chi connectivity index (χ1v) is 12.6. The number of nitrogens with one attached hydrogen (secondary N) is 3. The van der Waals surface area contributed by atoms with Crippen molar-refractivity contribution in [3.63, 3.8) is 0 Å². The van der Waals surface area contributed by atoms with Crippen LogP contribution in [-0.4, -0.2) is 65.2 Å². The number of ether oxygens (including phenoxy) is 1. The van der Waals surface area contributed by atoms with Gasteiger partial charge in [0.2, 0.25) is 23.5 Å². The van der Waals surface area contributed by atoms with Crippen molar-refractivity contribution in [1.82, 2.24) is 16.0 Å². The molecule has 3 N–H and O–H groups in total. The molecule has 1 aromatic carbocycles. The Kier molecular flexibility index (Phi) is 15.3. The summed E-state index contributed by atoms with van der Waals surface area (Å²) in [4.78, 5) is 63.8. The Labute approximate surface area is 223 Å². The van der Waals surface area contributed by atoms with Crippen LogP contribution in [0, 0.1) is 0 Å². The fraction of sp³-hybridized carbons (Fsp3) is 0.481. The Morgan fingerprint density at radius 2 is 1.71 bits per heavy atom. The predicted molar refractivity (Wildman–Crippen MR) is 142 cm³/mol. The Bertz CT molecular complexity index is 1020. The molecule has 1 rings (SSSR count). The number of carbonyl (C=O) groups excluding carboxylic acids is 5. The summed E-state index contributed by atoms with van der Waals surface area (Å²) >= 11 is 0. The van der Waals surface area contributed by atoms with Gasteiger partial charge < -0.3 is 26.2 Å². The number of Topliss-reactive ketones (excluding diaryl/α,β-unsaturated/α-hetero) is 1. The van der Waals surface area contributed by atoms with E-state index in [-0.39, 0.29) is 37.5 Å². The van der Waals surface area contributed by atoms with E-state index in [4.69, 9.17) is 10.3 Å². The van der Waals surface area contributed by atoms with Gasteiger partial charge in [-0.15, -0.1) is 0 Å². The highest BCUT2D eigenvalue weighted by molar-refractivity contribution is 6.25. The zero-order valence-electron chi connectivity index (χ0n) is 22.1. The number of hydrogen-bond donors (Lipinski definition) is 3. The molecule has 11 nitrogen and oxygen atoms in total. The van der Waals surface area contributed by atoms with Crippen molar-refractivity contribution in [2.24, 2.45) is 0 Å². The number of rotatable bonds is 17. The van der Waals surface area contributed by atoms with Crippen LogP contribution in [0.4, 0.5) is 0 Å². The van der Waals surface area contributed by atoms with Crippen molar-refractivity contribution in [2.45, 2.75) is 77.5 Å². The van der Waals surface area contributed by atoms with Crippen LogP contribution in [0.25, 0.3) is 11.6 Å². The number of amides is 3. The maximum atomic E-state index is 13.1. The van der Waals surface area contributed by atoms with E-state index in [0.717, 1.165) is 5.56 Å². The molecule has 0 aromatic heterocycles. The molecule has 0 spiro atoms. The number of unbranched alkanes of at least 4 members (excludes halogenated alkanes) is 1. The van der Waals surface area contributed by atoms with Crippen LogP contribution in [0.1, 0.15) is 64.9 Å². The Balaban J connectivity index is 2.90. The van der Waals surface area contributed by atoms with Crippen LogP contribution >= 0.6 is 0 Å². The normalized spacial score (nSPS) is 12.2. The molecular formula is C27H37N5O6. The van der Waals surface area contributed by atoms with E-state index in [0.29, 0.717) is 25.6 Å². The molecule has 1 aromatic rings. The van der Waals surface area contributed by atoms with E-state index >= 15 is 0 Å². The Morgan fingerprint density at radius 3 is 2.34 bits per heavy atom. The first-order valence-electron chi connectivity index (χ1n) is 12.6. The predicted octanol–water partition coefficient (Wildman–Crippen LogP) is 1.97. The maximum absolute atomic E-state index is 13.1. The molecule has 3 amide bonds. The Hall–Kier alpha value is -4.11. The van der Waals surface area contributed by atoms with Crippen molar-refractivity contribution in [3.05, 3.63) is 47.5 Å². The minimum atomic E-state index is -1.14. The third-order valence-electron chi connectivity index (χ3n) is 5.19. The van der Waals surface area contributed by atoms with Gasteiger partial charge >= 0.3 is 12.2 Å².